The van der Waals surface area contributed by atoms with E-state index in [0.717, 1.165) is 0 Å². The van der Waals surface area contributed by atoms with Gasteiger partial charge in [-0.3, -0.25) is 14.9 Å². The molecule has 0 spiro atoms. The van der Waals surface area contributed by atoms with Crippen molar-refractivity contribution in [2.45, 2.75) is 6.92 Å². The van der Waals surface area contributed by atoms with Crippen LogP contribution in [0.4, 0.5) is 5.69 Å². The molecule has 33 heavy (non-hydrogen) atoms. The van der Waals surface area contributed by atoms with E-state index in [9.17, 15) is 19.7 Å². The fraction of sp³-hybridized carbons (Fsp3) is 0.0870. The molecule has 168 valence electrons. The first kappa shape index (κ1) is 23.4. The Hall–Kier alpha value is -4.24. The van der Waals surface area contributed by atoms with Gasteiger partial charge in [0.1, 0.15) is 5.75 Å². The van der Waals surface area contributed by atoms with E-state index in [4.69, 9.17) is 21.1 Å². The van der Waals surface area contributed by atoms with E-state index in [1.165, 1.54) is 18.3 Å². The highest BCUT2D eigenvalue weighted by atomic mass is 35.5. The monoisotopic (exact) mass is 467 g/mol. The average molecular weight is 468 g/mol. The molecule has 0 aromatic heterocycles. The van der Waals surface area contributed by atoms with Gasteiger partial charge in [-0.05, 0) is 48.4 Å². The van der Waals surface area contributed by atoms with Crippen LogP contribution in [0.1, 0.15) is 21.5 Å². The molecule has 3 aromatic rings. The van der Waals surface area contributed by atoms with Crippen molar-refractivity contribution in [3.05, 3.63) is 98.6 Å². The maximum absolute atomic E-state index is 12.3. The first-order valence-corrected chi connectivity index (χ1v) is 9.98. The SMILES string of the molecule is Cc1ccc(OCC(=O)N/N=C/c2cccc(OC(=O)c3ccccc3Cl)c2)c([N+](=O)[O-])c1. The molecule has 0 aliphatic carbocycles. The number of benzene rings is 3. The third-order valence-electron chi connectivity index (χ3n) is 4.24. The van der Waals surface area contributed by atoms with Crippen molar-refractivity contribution < 1.29 is 24.0 Å². The number of carbonyl (C=O) groups is 2. The van der Waals surface area contributed by atoms with Gasteiger partial charge in [-0.15, -0.1) is 0 Å². The predicted octanol–water partition coefficient (Wildman–Crippen LogP) is 4.30. The molecule has 9 nitrogen and oxygen atoms in total. The van der Waals surface area contributed by atoms with Crippen molar-refractivity contribution in [2.24, 2.45) is 5.10 Å². The maximum atomic E-state index is 12.3. The summed E-state index contributed by atoms with van der Waals surface area (Å²) < 4.78 is 10.6. The highest BCUT2D eigenvalue weighted by molar-refractivity contribution is 6.33. The fourth-order valence-corrected chi connectivity index (χ4v) is 2.91. The minimum atomic E-state index is -0.609. The lowest BCUT2D eigenvalue weighted by molar-refractivity contribution is -0.385. The average Bonchev–Trinajstić information content (AvgIpc) is 2.78. The number of nitro groups is 1. The Morgan fingerprint density at radius 1 is 1.12 bits per heavy atom. The number of halogens is 1. The molecule has 0 aliphatic rings. The maximum Gasteiger partial charge on any atom is 0.345 e. The molecule has 1 amide bonds. The third kappa shape index (κ3) is 6.62. The lowest BCUT2D eigenvalue weighted by Crippen LogP contribution is -2.24. The molecule has 0 heterocycles. The van der Waals surface area contributed by atoms with Crippen LogP contribution in [0, 0.1) is 17.0 Å². The van der Waals surface area contributed by atoms with Crippen LogP contribution in [0.3, 0.4) is 0 Å². The van der Waals surface area contributed by atoms with Crippen molar-refractivity contribution in [1.29, 1.82) is 0 Å². The lowest BCUT2D eigenvalue weighted by Gasteiger charge is -2.07. The second-order valence-electron chi connectivity index (χ2n) is 6.75. The Labute approximate surface area is 193 Å². The van der Waals surface area contributed by atoms with E-state index in [-0.39, 0.29) is 27.8 Å². The number of hydrogen-bond donors (Lipinski definition) is 1. The van der Waals surface area contributed by atoms with Crippen LogP contribution in [0.2, 0.25) is 5.02 Å². The van der Waals surface area contributed by atoms with E-state index < -0.39 is 23.4 Å². The van der Waals surface area contributed by atoms with Crippen LogP contribution in [0.15, 0.2) is 71.8 Å². The molecule has 0 bridgehead atoms. The van der Waals surface area contributed by atoms with Crippen LogP contribution >= 0.6 is 11.6 Å². The van der Waals surface area contributed by atoms with Crippen LogP contribution in [-0.4, -0.2) is 29.6 Å². The summed E-state index contributed by atoms with van der Waals surface area (Å²) in [5.41, 5.74) is 3.52. The number of rotatable bonds is 8. The zero-order valence-electron chi connectivity index (χ0n) is 17.4. The molecule has 0 saturated heterocycles. The first-order chi connectivity index (χ1) is 15.8. The summed E-state index contributed by atoms with van der Waals surface area (Å²) in [5.74, 6) is -0.962. The Kier molecular flexibility index (Phi) is 7.72. The van der Waals surface area contributed by atoms with Crippen LogP contribution < -0.4 is 14.9 Å². The number of nitrogens with one attached hydrogen (secondary N) is 1. The number of nitro benzene ring substituents is 1. The van der Waals surface area contributed by atoms with Crippen LogP contribution in [0.25, 0.3) is 0 Å². The highest BCUT2D eigenvalue weighted by Gasteiger charge is 2.16. The summed E-state index contributed by atoms with van der Waals surface area (Å²) in [7, 11) is 0. The van der Waals surface area contributed by atoms with Gasteiger partial charge in [0.15, 0.2) is 12.4 Å². The van der Waals surface area contributed by atoms with Gasteiger partial charge >= 0.3 is 11.7 Å². The predicted molar refractivity (Wildman–Crippen MR) is 122 cm³/mol. The van der Waals surface area contributed by atoms with Gasteiger partial charge in [0.25, 0.3) is 5.91 Å². The summed E-state index contributed by atoms with van der Waals surface area (Å²) in [6, 6.07) is 17.4. The molecule has 0 radical (unpaired) electrons. The van der Waals surface area contributed by atoms with Gasteiger partial charge in [-0.25, -0.2) is 10.2 Å². The highest BCUT2D eigenvalue weighted by Crippen LogP contribution is 2.27. The van der Waals surface area contributed by atoms with E-state index in [2.05, 4.69) is 10.5 Å². The molecule has 0 saturated carbocycles. The van der Waals surface area contributed by atoms with E-state index >= 15 is 0 Å². The molecule has 0 fully saturated rings. The fourth-order valence-electron chi connectivity index (χ4n) is 2.69. The number of amides is 1. The topological polar surface area (TPSA) is 120 Å². The first-order valence-electron chi connectivity index (χ1n) is 9.60. The van der Waals surface area contributed by atoms with Gasteiger partial charge in [-0.2, -0.15) is 5.10 Å². The molecule has 0 atom stereocenters. The summed E-state index contributed by atoms with van der Waals surface area (Å²) in [6.07, 6.45) is 1.35. The van der Waals surface area contributed by atoms with Crippen LogP contribution in [0.5, 0.6) is 11.5 Å². The summed E-state index contributed by atoms with van der Waals surface area (Å²) in [4.78, 5) is 34.7. The zero-order chi connectivity index (χ0) is 23.8. The van der Waals surface area contributed by atoms with Gasteiger partial charge < -0.3 is 9.47 Å². The second-order valence-corrected chi connectivity index (χ2v) is 7.16. The van der Waals surface area contributed by atoms with E-state index in [1.54, 1.807) is 61.5 Å². The minimum Gasteiger partial charge on any atom is -0.477 e. The van der Waals surface area contributed by atoms with Gasteiger partial charge in [0, 0.05) is 6.07 Å². The Bertz CT molecular complexity index is 1230. The van der Waals surface area contributed by atoms with E-state index in [0.29, 0.717) is 11.1 Å². The molecule has 3 aromatic carbocycles. The van der Waals surface area contributed by atoms with Gasteiger partial charge in [0.05, 0.1) is 21.7 Å². The van der Waals surface area contributed by atoms with E-state index in [1.807, 2.05) is 0 Å². The van der Waals surface area contributed by atoms with Crippen molar-refractivity contribution in [1.82, 2.24) is 5.43 Å². The molecule has 10 heteroatoms. The minimum absolute atomic E-state index is 0.0160. The summed E-state index contributed by atoms with van der Waals surface area (Å²) in [6.45, 7) is 1.25. The van der Waals surface area contributed by atoms with Gasteiger partial charge in [-0.1, -0.05) is 41.9 Å². The standard InChI is InChI=1S/C23H18ClN3O6/c1-15-9-10-21(20(11-15)27(30)31)32-14-22(28)26-25-13-16-5-4-6-17(12-16)33-23(29)18-7-2-3-8-19(18)24/h2-13H,14H2,1H3,(H,26,28)/b25-13+. The zero-order valence-corrected chi connectivity index (χ0v) is 18.1. The molecular formula is C23H18ClN3O6. The van der Waals surface area contributed by atoms with Gasteiger partial charge in [0.2, 0.25) is 0 Å². The Morgan fingerprint density at radius 3 is 2.67 bits per heavy atom. The number of nitrogens with zero attached hydrogens (tertiary/aromatic N) is 2. The summed E-state index contributed by atoms with van der Waals surface area (Å²) >= 11 is 6.00. The van der Waals surface area contributed by atoms with Crippen molar-refractivity contribution >= 4 is 35.4 Å². The number of hydrazone groups is 1. The molecule has 0 aliphatic heterocycles. The van der Waals surface area contributed by atoms with Crippen molar-refractivity contribution in [2.75, 3.05) is 6.61 Å². The third-order valence-corrected chi connectivity index (χ3v) is 4.56. The number of aryl methyl sites for hydroxylation is 1. The Balaban J connectivity index is 1.55. The molecule has 3 rings (SSSR count). The second kappa shape index (κ2) is 10.9. The summed E-state index contributed by atoms with van der Waals surface area (Å²) in [5, 5.41) is 15.2. The Morgan fingerprint density at radius 2 is 1.91 bits per heavy atom. The number of hydrogen-bond acceptors (Lipinski definition) is 7. The molecular weight excluding hydrogens is 450 g/mol. The molecule has 0 unspecified atom stereocenters. The van der Waals surface area contributed by atoms with Crippen LogP contribution in [-0.2, 0) is 4.79 Å². The van der Waals surface area contributed by atoms with Crippen molar-refractivity contribution in [3.63, 3.8) is 0 Å². The number of carbonyl (C=O) groups excluding carboxylic acids is 2. The normalized spacial score (nSPS) is 10.6. The lowest BCUT2D eigenvalue weighted by atomic mass is 10.2. The van der Waals surface area contributed by atoms with Crippen molar-refractivity contribution in [3.8, 4) is 11.5 Å². The number of ether oxygens (including phenoxy) is 2. The number of esters is 1. The smallest absolute Gasteiger partial charge is 0.345 e. The molecule has 1 N–H and O–H groups in total. The largest absolute Gasteiger partial charge is 0.477 e. The quantitative estimate of drug-likeness (QED) is 0.173.